The van der Waals surface area contributed by atoms with Gasteiger partial charge in [-0.1, -0.05) is 24.3 Å². The lowest BCUT2D eigenvalue weighted by molar-refractivity contribution is -0.120. The van der Waals surface area contributed by atoms with Gasteiger partial charge in [-0.05, 0) is 48.2 Å². The Kier molecular flexibility index (Phi) is 5.22. The average Bonchev–Trinajstić information content (AvgIpc) is 3.19. The van der Waals surface area contributed by atoms with Crippen molar-refractivity contribution >= 4 is 45.9 Å². The standard InChI is InChI=1S/C22H18FN3O2S/c1-14-8-9-15(11-16(14)23)24-21(27)13-26-19-6-3-2-5-17(19)25-18(12-22(26)28)20-7-4-10-29-20/h2-11H,12-13H2,1H3,(H,24,27). The van der Waals surface area contributed by atoms with E-state index in [9.17, 15) is 14.0 Å². The molecule has 2 amide bonds. The fourth-order valence-electron chi connectivity index (χ4n) is 3.12. The Balaban J connectivity index is 1.59. The largest absolute Gasteiger partial charge is 0.324 e. The van der Waals surface area contributed by atoms with E-state index in [1.807, 2.05) is 29.6 Å². The lowest BCUT2D eigenvalue weighted by Gasteiger charge is -2.22. The zero-order chi connectivity index (χ0) is 20.4. The summed E-state index contributed by atoms with van der Waals surface area (Å²) in [5, 5.41) is 4.60. The maximum atomic E-state index is 13.7. The first-order valence-electron chi connectivity index (χ1n) is 9.08. The van der Waals surface area contributed by atoms with Crippen molar-refractivity contribution in [3.63, 3.8) is 0 Å². The zero-order valence-electron chi connectivity index (χ0n) is 15.7. The molecular formula is C22H18FN3O2S. The Morgan fingerprint density at radius 1 is 1.21 bits per heavy atom. The number of nitrogens with zero attached hydrogens (tertiary/aromatic N) is 2. The van der Waals surface area contributed by atoms with E-state index >= 15 is 0 Å². The molecule has 3 aromatic rings. The number of benzene rings is 2. The second kappa shape index (κ2) is 7.97. The van der Waals surface area contributed by atoms with E-state index in [1.54, 1.807) is 31.2 Å². The van der Waals surface area contributed by atoms with Crippen molar-refractivity contribution in [2.24, 2.45) is 4.99 Å². The van der Waals surface area contributed by atoms with Crippen molar-refractivity contribution in [2.45, 2.75) is 13.3 Å². The molecule has 1 aliphatic heterocycles. The van der Waals surface area contributed by atoms with Gasteiger partial charge in [0.15, 0.2) is 0 Å². The fourth-order valence-corrected chi connectivity index (χ4v) is 3.83. The molecule has 0 saturated heterocycles. The van der Waals surface area contributed by atoms with E-state index < -0.39 is 11.7 Å². The molecular weight excluding hydrogens is 389 g/mol. The van der Waals surface area contributed by atoms with E-state index in [1.165, 1.54) is 22.3 Å². The highest BCUT2D eigenvalue weighted by atomic mass is 32.1. The van der Waals surface area contributed by atoms with Crippen molar-refractivity contribution in [3.05, 3.63) is 76.2 Å². The molecule has 1 aliphatic rings. The summed E-state index contributed by atoms with van der Waals surface area (Å²) >= 11 is 1.52. The molecule has 7 heteroatoms. The number of carbonyl (C=O) groups excluding carboxylic acids is 2. The zero-order valence-corrected chi connectivity index (χ0v) is 16.5. The first-order chi connectivity index (χ1) is 14.0. The van der Waals surface area contributed by atoms with Crippen molar-refractivity contribution < 1.29 is 14.0 Å². The highest BCUT2D eigenvalue weighted by Crippen LogP contribution is 2.33. The first-order valence-corrected chi connectivity index (χ1v) is 9.96. The molecule has 146 valence electrons. The van der Waals surface area contributed by atoms with Gasteiger partial charge in [0.2, 0.25) is 11.8 Å². The molecule has 0 fully saturated rings. The van der Waals surface area contributed by atoms with Crippen LogP contribution in [0.15, 0.2) is 65.0 Å². The predicted octanol–water partition coefficient (Wildman–Crippen LogP) is 4.69. The highest BCUT2D eigenvalue weighted by Gasteiger charge is 2.27. The van der Waals surface area contributed by atoms with Crippen LogP contribution in [-0.4, -0.2) is 24.1 Å². The number of hydrogen-bond donors (Lipinski definition) is 1. The minimum absolute atomic E-state index is 0.0988. The quantitative estimate of drug-likeness (QED) is 0.682. The van der Waals surface area contributed by atoms with Crippen LogP contribution >= 0.6 is 11.3 Å². The topological polar surface area (TPSA) is 61.8 Å². The SMILES string of the molecule is Cc1ccc(NC(=O)CN2C(=O)CC(c3cccs3)=Nc3ccccc32)cc1F. The smallest absolute Gasteiger partial charge is 0.244 e. The van der Waals surface area contributed by atoms with Gasteiger partial charge in [-0.25, -0.2) is 9.38 Å². The summed E-state index contributed by atoms with van der Waals surface area (Å²) in [5.41, 5.74) is 2.74. The number of aliphatic imine (C=N–C) groups is 1. The molecule has 0 radical (unpaired) electrons. The molecule has 5 nitrogen and oxygen atoms in total. The van der Waals surface area contributed by atoms with E-state index in [4.69, 9.17) is 0 Å². The van der Waals surface area contributed by atoms with Gasteiger partial charge < -0.3 is 10.2 Å². The summed E-state index contributed by atoms with van der Waals surface area (Å²) in [4.78, 5) is 32.6. The molecule has 1 N–H and O–H groups in total. The lowest BCUT2D eigenvalue weighted by atomic mass is 10.2. The van der Waals surface area contributed by atoms with Crippen molar-refractivity contribution in [1.29, 1.82) is 0 Å². The number of aryl methyl sites for hydroxylation is 1. The molecule has 29 heavy (non-hydrogen) atoms. The van der Waals surface area contributed by atoms with Gasteiger partial charge in [0.1, 0.15) is 12.4 Å². The third kappa shape index (κ3) is 4.09. The highest BCUT2D eigenvalue weighted by molar-refractivity contribution is 7.12. The Hall–Kier alpha value is -3.32. The number of amides is 2. The monoisotopic (exact) mass is 407 g/mol. The molecule has 0 unspecified atom stereocenters. The second-order valence-electron chi connectivity index (χ2n) is 6.69. The molecule has 1 aromatic heterocycles. The van der Waals surface area contributed by atoms with Crippen LogP contribution in [0.5, 0.6) is 0 Å². The van der Waals surface area contributed by atoms with Gasteiger partial charge in [-0.2, -0.15) is 0 Å². The molecule has 0 saturated carbocycles. The molecule has 0 bridgehead atoms. The predicted molar refractivity (Wildman–Crippen MR) is 114 cm³/mol. The Morgan fingerprint density at radius 3 is 2.79 bits per heavy atom. The van der Waals surface area contributed by atoms with Crippen LogP contribution in [0, 0.1) is 12.7 Å². The number of nitrogens with one attached hydrogen (secondary N) is 1. The minimum atomic E-state index is -0.407. The number of rotatable bonds is 4. The number of hydrogen-bond acceptors (Lipinski definition) is 4. The maximum Gasteiger partial charge on any atom is 0.244 e. The second-order valence-corrected chi connectivity index (χ2v) is 7.64. The number of carbonyl (C=O) groups is 2. The van der Waals surface area contributed by atoms with Crippen LogP contribution in [0.4, 0.5) is 21.5 Å². The fraction of sp³-hybridized carbons (Fsp3) is 0.136. The van der Waals surface area contributed by atoms with Crippen molar-refractivity contribution in [3.8, 4) is 0 Å². The van der Waals surface area contributed by atoms with Crippen molar-refractivity contribution in [2.75, 3.05) is 16.8 Å². The van der Waals surface area contributed by atoms with Crippen LogP contribution in [0.1, 0.15) is 16.9 Å². The van der Waals surface area contributed by atoms with Crippen LogP contribution in [-0.2, 0) is 9.59 Å². The molecule has 4 rings (SSSR count). The number of thiophene rings is 1. The summed E-state index contributed by atoms with van der Waals surface area (Å²) < 4.78 is 13.7. The maximum absolute atomic E-state index is 13.7. The number of anilines is 2. The van der Waals surface area contributed by atoms with Gasteiger partial charge >= 0.3 is 0 Å². The van der Waals surface area contributed by atoms with Crippen LogP contribution < -0.4 is 10.2 Å². The summed E-state index contributed by atoms with van der Waals surface area (Å²) in [6.45, 7) is 1.47. The number of fused-ring (bicyclic) bond motifs is 1. The lowest BCUT2D eigenvalue weighted by Crippen LogP contribution is -2.38. The number of para-hydroxylation sites is 2. The van der Waals surface area contributed by atoms with Crippen LogP contribution in [0.25, 0.3) is 0 Å². The molecule has 0 spiro atoms. The summed E-state index contributed by atoms with van der Waals surface area (Å²) in [6.07, 6.45) is 0.0988. The Labute approximate surface area is 171 Å². The van der Waals surface area contributed by atoms with E-state index in [0.717, 1.165) is 4.88 Å². The van der Waals surface area contributed by atoms with Crippen LogP contribution in [0.2, 0.25) is 0 Å². The van der Waals surface area contributed by atoms with E-state index in [0.29, 0.717) is 28.3 Å². The third-order valence-electron chi connectivity index (χ3n) is 4.61. The van der Waals surface area contributed by atoms with Gasteiger partial charge in [0, 0.05) is 10.6 Å². The van der Waals surface area contributed by atoms with Gasteiger partial charge in [0.25, 0.3) is 0 Å². The van der Waals surface area contributed by atoms with Gasteiger partial charge in [-0.3, -0.25) is 9.59 Å². The van der Waals surface area contributed by atoms with Crippen LogP contribution in [0.3, 0.4) is 0 Å². The molecule has 2 heterocycles. The average molecular weight is 407 g/mol. The minimum Gasteiger partial charge on any atom is -0.324 e. The van der Waals surface area contributed by atoms with Gasteiger partial charge in [0.05, 0.1) is 23.5 Å². The summed E-state index contributed by atoms with van der Waals surface area (Å²) in [7, 11) is 0. The molecule has 0 aliphatic carbocycles. The summed E-state index contributed by atoms with van der Waals surface area (Å²) in [6, 6.07) is 15.6. The Morgan fingerprint density at radius 2 is 2.03 bits per heavy atom. The van der Waals surface area contributed by atoms with Gasteiger partial charge in [-0.15, -0.1) is 11.3 Å². The Bertz CT molecular complexity index is 1110. The molecule has 2 aromatic carbocycles. The normalized spacial score (nSPS) is 13.5. The third-order valence-corrected chi connectivity index (χ3v) is 5.53. The summed E-state index contributed by atoms with van der Waals surface area (Å²) in [5.74, 6) is -1.02. The first kappa shape index (κ1) is 19.0. The molecule has 0 atom stereocenters. The number of halogens is 1. The van der Waals surface area contributed by atoms with E-state index in [2.05, 4.69) is 10.3 Å². The van der Waals surface area contributed by atoms with E-state index in [-0.39, 0.29) is 18.9 Å². The van der Waals surface area contributed by atoms with Crippen molar-refractivity contribution in [1.82, 2.24) is 0 Å².